The maximum Gasteiger partial charge on any atom is 0.129 e. The molecule has 0 radical (unpaired) electrons. The van der Waals surface area contributed by atoms with Crippen LogP contribution in [0.2, 0.25) is 5.02 Å². The minimum Gasteiger partial charge on any atom is -0.388 e. The molecule has 0 aliphatic heterocycles. The Morgan fingerprint density at radius 3 is 2.61 bits per heavy atom. The molecule has 0 fully saturated rings. The maximum absolute atomic E-state index is 13.5. The van der Waals surface area contributed by atoms with E-state index in [1.165, 1.54) is 30.3 Å². The van der Waals surface area contributed by atoms with E-state index in [1.807, 2.05) is 0 Å². The highest BCUT2D eigenvalue weighted by atomic mass is 35.5. The third-order valence-electron chi connectivity index (χ3n) is 2.64. The van der Waals surface area contributed by atoms with Gasteiger partial charge in [-0.1, -0.05) is 23.7 Å². The molecule has 0 bridgehead atoms. The minimum atomic E-state index is -1.05. The van der Waals surface area contributed by atoms with E-state index in [4.69, 9.17) is 11.6 Å². The lowest BCUT2D eigenvalue weighted by Gasteiger charge is -2.12. The largest absolute Gasteiger partial charge is 0.388 e. The van der Waals surface area contributed by atoms with Crippen LogP contribution in [0, 0.1) is 11.6 Å². The quantitative estimate of drug-likeness (QED) is 0.895. The second-order valence-corrected chi connectivity index (χ2v) is 4.45. The fourth-order valence-corrected chi connectivity index (χ4v) is 1.95. The summed E-state index contributed by atoms with van der Waals surface area (Å²) >= 11 is 5.75. The Morgan fingerprint density at radius 1 is 1.11 bits per heavy atom. The molecule has 18 heavy (non-hydrogen) atoms. The van der Waals surface area contributed by atoms with E-state index in [9.17, 15) is 13.9 Å². The average Bonchev–Trinajstić information content (AvgIpc) is 2.32. The summed E-state index contributed by atoms with van der Waals surface area (Å²) in [6.45, 7) is 0. The summed E-state index contributed by atoms with van der Waals surface area (Å²) < 4.78 is 26.5. The second-order valence-electron chi connectivity index (χ2n) is 4.02. The number of hydrogen-bond acceptors (Lipinski definition) is 1. The smallest absolute Gasteiger partial charge is 0.129 e. The highest BCUT2D eigenvalue weighted by molar-refractivity contribution is 6.30. The van der Waals surface area contributed by atoms with Gasteiger partial charge in [0.05, 0.1) is 6.10 Å². The van der Waals surface area contributed by atoms with Crippen LogP contribution in [0.1, 0.15) is 17.2 Å². The first-order chi connectivity index (χ1) is 8.56. The fraction of sp³-hybridized carbons (Fsp3) is 0.143. The molecule has 0 aliphatic rings. The average molecular weight is 269 g/mol. The van der Waals surface area contributed by atoms with Crippen molar-refractivity contribution in [3.8, 4) is 0 Å². The first-order valence-electron chi connectivity index (χ1n) is 5.44. The van der Waals surface area contributed by atoms with Crippen molar-refractivity contribution < 1.29 is 13.9 Å². The monoisotopic (exact) mass is 268 g/mol. The Morgan fingerprint density at radius 2 is 1.89 bits per heavy atom. The van der Waals surface area contributed by atoms with Gasteiger partial charge in [0.2, 0.25) is 0 Å². The molecule has 0 aliphatic carbocycles. The molecule has 0 heterocycles. The van der Waals surface area contributed by atoms with E-state index in [-0.39, 0.29) is 17.8 Å². The topological polar surface area (TPSA) is 20.2 Å². The molecule has 2 rings (SSSR count). The molecule has 1 atom stereocenters. The molecule has 0 amide bonds. The summed E-state index contributed by atoms with van der Waals surface area (Å²) in [5, 5.41) is 10.3. The first-order valence-corrected chi connectivity index (χ1v) is 5.81. The van der Waals surface area contributed by atoms with Gasteiger partial charge in [-0.2, -0.15) is 0 Å². The van der Waals surface area contributed by atoms with Crippen molar-refractivity contribution in [2.24, 2.45) is 0 Å². The van der Waals surface area contributed by atoms with Crippen LogP contribution in [0.4, 0.5) is 8.78 Å². The van der Waals surface area contributed by atoms with Gasteiger partial charge in [-0.3, -0.25) is 0 Å². The lowest BCUT2D eigenvalue weighted by atomic mass is 10.0. The fourth-order valence-electron chi connectivity index (χ4n) is 1.77. The zero-order chi connectivity index (χ0) is 13.1. The predicted molar refractivity (Wildman–Crippen MR) is 66.5 cm³/mol. The summed E-state index contributed by atoms with van der Waals surface area (Å²) in [4.78, 5) is 0. The standard InChI is InChI=1S/C14H11ClF2O/c15-10-4-5-13(17)12(8-10)14(18)7-9-2-1-3-11(16)6-9/h1-6,8,14,18H,7H2. The number of benzene rings is 2. The van der Waals surface area contributed by atoms with E-state index in [0.717, 1.165) is 0 Å². The third-order valence-corrected chi connectivity index (χ3v) is 2.87. The number of rotatable bonds is 3. The minimum absolute atomic E-state index is 0.117. The van der Waals surface area contributed by atoms with Gasteiger partial charge in [0.1, 0.15) is 11.6 Å². The van der Waals surface area contributed by atoms with Crippen molar-refractivity contribution in [2.45, 2.75) is 12.5 Å². The van der Waals surface area contributed by atoms with Crippen molar-refractivity contribution >= 4 is 11.6 Å². The number of hydrogen-bond donors (Lipinski definition) is 1. The van der Waals surface area contributed by atoms with Crippen molar-refractivity contribution in [3.63, 3.8) is 0 Å². The van der Waals surface area contributed by atoms with Gasteiger partial charge < -0.3 is 5.11 Å². The van der Waals surface area contributed by atoms with Gasteiger partial charge >= 0.3 is 0 Å². The van der Waals surface area contributed by atoms with Gasteiger partial charge in [-0.15, -0.1) is 0 Å². The van der Waals surface area contributed by atoms with Crippen LogP contribution < -0.4 is 0 Å². The van der Waals surface area contributed by atoms with Gasteiger partial charge in [-0.05, 0) is 35.9 Å². The lowest BCUT2D eigenvalue weighted by molar-refractivity contribution is 0.173. The first kappa shape index (κ1) is 13.0. The van der Waals surface area contributed by atoms with Gasteiger partial charge in [0, 0.05) is 17.0 Å². The summed E-state index contributed by atoms with van der Waals surface area (Å²) in [5.74, 6) is -0.908. The summed E-state index contributed by atoms with van der Waals surface area (Å²) in [5.41, 5.74) is 0.716. The SMILES string of the molecule is OC(Cc1cccc(F)c1)c1cc(Cl)ccc1F. The number of halogens is 3. The van der Waals surface area contributed by atoms with Crippen LogP contribution in [0.15, 0.2) is 42.5 Å². The molecule has 1 unspecified atom stereocenters. The lowest BCUT2D eigenvalue weighted by Crippen LogP contribution is -2.04. The van der Waals surface area contributed by atoms with Gasteiger partial charge in [-0.25, -0.2) is 8.78 Å². The van der Waals surface area contributed by atoms with Crippen LogP contribution in [0.25, 0.3) is 0 Å². The van der Waals surface area contributed by atoms with Crippen LogP contribution in [-0.4, -0.2) is 5.11 Å². The van der Waals surface area contributed by atoms with Crippen molar-refractivity contribution in [2.75, 3.05) is 0 Å². The van der Waals surface area contributed by atoms with E-state index >= 15 is 0 Å². The Kier molecular flexibility index (Phi) is 3.94. The molecule has 0 spiro atoms. The summed E-state index contributed by atoms with van der Waals surface area (Å²) in [7, 11) is 0. The maximum atomic E-state index is 13.5. The normalized spacial score (nSPS) is 12.4. The molecule has 4 heteroatoms. The van der Waals surface area contributed by atoms with Crippen LogP contribution in [-0.2, 0) is 6.42 Å². The molecule has 1 N–H and O–H groups in total. The second kappa shape index (κ2) is 5.46. The molecular weight excluding hydrogens is 258 g/mol. The molecule has 0 saturated carbocycles. The summed E-state index contributed by atoms with van der Waals surface area (Å²) in [6, 6.07) is 9.84. The van der Waals surface area contributed by atoms with Crippen LogP contribution in [0.5, 0.6) is 0 Å². The van der Waals surface area contributed by atoms with Crippen LogP contribution >= 0.6 is 11.6 Å². The zero-order valence-corrected chi connectivity index (χ0v) is 10.2. The van der Waals surface area contributed by atoms with Crippen LogP contribution in [0.3, 0.4) is 0 Å². The highest BCUT2D eigenvalue weighted by Crippen LogP contribution is 2.24. The molecule has 94 valence electrons. The molecule has 1 nitrogen and oxygen atoms in total. The molecule has 2 aromatic rings. The van der Waals surface area contributed by atoms with Gasteiger partial charge in [0.25, 0.3) is 0 Å². The zero-order valence-electron chi connectivity index (χ0n) is 9.41. The van der Waals surface area contributed by atoms with E-state index in [1.54, 1.807) is 12.1 Å². The molecule has 0 saturated heterocycles. The van der Waals surface area contributed by atoms with Crippen molar-refractivity contribution in [3.05, 3.63) is 70.2 Å². The van der Waals surface area contributed by atoms with E-state index in [2.05, 4.69) is 0 Å². The van der Waals surface area contributed by atoms with Crippen molar-refractivity contribution in [1.29, 1.82) is 0 Å². The number of aliphatic hydroxyl groups excluding tert-OH is 1. The Bertz CT molecular complexity index is 557. The van der Waals surface area contributed by atoms with E-state index in [0.29, 0.717) is 10.6 Å². The molecular formula is C14H11ClF2O. The molecule has 0 aromatic heterocycles. The number of aliphatic hydroxyl groups is 1. The third kappa shape index (κ3) is 3.06. The van der Waals surface area contributed by atoms with Gasteiger partial charge in [0.15, 0.2) is 0 Å². The Labute approximate surface area is 109 Å². The Hall–Kier alpha value is -1.45. The predicted octanol–water partition coefficient (Wildman–Crippen LogP) is 3.89. The highest BCUT2D eigenvalue weighted by Gasteiger charge is 2.14. The van der Waals surface area contributed by atoms with E-state index < -0.39 is 11.9 Å². The Balaban J connectivity index is 2.21. The summed E-state index contributed by atoms with van der Waals surface area (Å²) in [6.07, 6.45) is -0.917. The van der Waals surface area contributed by atoms with Crippen molar-refractivity contribution in [1.82, 2.24) is 0 Å². The molecule has 2 aromatic carbocycles.